The predicted octanol–water partition coefficient (Wildman–Crippen LogP) is 6.35. The Morgan fingerprint density at radius 2 is 1.62 bits per heavy atom. The highest BCUT2D eigenvalue weighted by Gasteiger charge is 2.85. The minimum absolute atomic E-state index is 0.0171. The molecule has 4 nitrogen and oxygen atoms in total. The average molecular weight is 505 g/mol. The van der Waals surface area contributed by atoms with Crippen LogP contribution in [0.1, 0.15) is 96.3 Å². The van der Waals surface area contributed by atoms with E-state index >= 15 is 0 Å². The monoisotopic (exact) mass is 504 g/mol. The van der Waals surface area contributed by atoms with Crippen LogP contribution in [0.15, 0.2) is 30.3 Å². The molecule has 1 aromatic carbocycles. The molecule has 9 unspecified atom stereocenters. The number of amides is 1. The minimum Gasteiger partial charge on any atom is -0.349 e. The van der Waals surface area contributed by atoms with Crippen molar-refractivity contribution in [3.05, 3.63) is 35.9 Å². The number of rotatable bonds is 4. The van der Waals surface area contributed by atoms with Gasteiger partial charge >= 0.3 is 0 Å². The number of hydrogen-bond acceptors (Lipinski definition) is 3. The van der Waals surface area contributed by atoms with E-state index in [-0.39, 0.29) is 39.0 Å². The Balaban J connectivity index is 1.29. The van der Waals surface area contributed by atoms with Crippen LogP contribution in [-0.2, 0) is 4.79 Å². The number of nitrogens with zero attached hydrogens (tertiary/aromatic N) is 1. The first kappa shape index (κ1) is 25.6. The van der Waals surface area contributed by atoms with Crippen LogP contribution in [-0.4, -0.2) is 42.8 Å². The fraction of sp³-hybridized carbons (Fsp3) is 0.758. The maximum absolute atomic E-state index is 14.4. The van der Waals surface area contributed by atoms with Crippen LogP contribution < -0.4 is 5.32 Å². The third kappa shape index (κ3) is 3.06. The van der Waals surface area contributed by atoms with Gasteiger partial charge in [0.25, 0.3) is 5.91 Å². The topological polar surface area (TPSA) is 49.4 Å². The molecule has 5 saturated carbocycles. The molecule has 0 heterocycles. The number of benzene rings is 1. The number of carbonyl (C=O) groups is 2. The van der Waals surface area contributed by atoms with Gasteiger partial charge < -0.3 is 10.2 Å². The van der Waals surface area contributed by atoms with Crippen LogP contribution in [0.5, 0.6) is 0 Å². The molecule has 9 atom stereocenters. The van der Waals surface area contributed by atoms with Gasteiger partial charge in [0.1, 0.15) is 5.78 Å². The van der Waals surface area contributed by atoms with E-state index in [1.807, 2.05) is 30.3 Å². The summed E-state index contributed by atoms with van der Waals surface area (Å²) in [4.78, 5) is 29.9. The molecule has 1 N–H and O–H groups in total. The lowest BCUT2D eigenvalue weighted by Crippen LogP contribution is -2.62. The lowest BCUT2D eigenvalue weighted by atomic mass is 9.41. The van der Waals surface area contributed by atoms with E-state index in [2.05, 4.69) is 58.9 Å². The Bertz CT molecular complexity index is 1110. The molecule has 1 aromatic rings. The van der Waals surface area contributed by atoms with Gasteiger partial charge in [-0.25, -0.2) is 0 Å². The van der Waals surface area contributed by atoms with E-state index in [1.54, 1.807) is 0 Å². The third-order valence-corrected chi connectivity index (χ3v) is 13.7. The van der Waals surface area contributed by atoms with Crippen molar-refractivity contribution in [2.24, 2.45) is 44.8 Å². The van der Waals surface area contributed by atoms with Crippen LogP contribution in [0, 0.1) is 44.8 Å². The van der Waals surface area contributed by atoms with Gasteiger partial charge in [-0.05, 0) is 118 Å². The quantitative estimate of drug-likeness (QED) is 0.520. The number of nitrogens with one attached hydrogen (secondary N) is 1. The normalized spacial score (nSPS) is 46.3. The van der Waals surface area contributed by atoms with Crippen molar-refractivity contribution in [2.75, 3.05) is 14.1 Å². The first-order valence-electron chi connectivity index (χ1n) is 14.9. The molecule has 2 spiro atoms. The predicted molar refractivity (Wildman–Crippen MR) is 148 cm³/mol. The Labute approximate surface area is 224 Å². The summed E-state index contributed by atoms with van der Waals surface area (Å²) < 4.78 is 0. The zero-order chi connectivity index (χ0) is 26.6. The molecule has 0 aliphatic heterocycles. The highest BCUT2D eigenvalue weighted by atomic mass is 16.1. The van der Waals surface area contributed by atoms with E-state index < -0.39 is 0 Å². The van der Waals surface area contributed by atoms with Gasteiger partial charge in [0.15, 0.2) is 0 Å². The van der Waals surface area contributed by atoms with Crippen LogP contribution in [0.3, 0.4) is 0 Å². The van der Waals surface area contributed by atoms with Gasteiger partial charge in [0.05, 0.1) is 0 Å². The molecule has 5 aliphatic carbocycles. The number of ketones is 1. The molecular formula is C33H48N2O2. The maximum Gasteiger partial charge on any atom is 0.251 e. The van der Waals surface area contributed by atoms with Gasteiger partial charge in [0, 0.05) is 29.5 Å². The Morgan fingerprint density at radius 1 is 0.946 bits per heavy atom. The molecule has 202 valence electrons. The lowest BCUT2D eigenvalue weighted by Gasteiger charge is -2.63. The molecule has 4 heteroatoms. The fourth-order valence-corrected chi connectivity index (χ4v) is 11.3. The third-order valence-electron chi connectivity index (χ3n) is 13.7. The summed E-state index contributed by atoms with van der Waals surface area (Å²) in [7, 11) is 4.40. The number of Topliss-reactive ketones (excluding diaryl/α,β-unsaturated/α-hetero) is 1. The van der Waals surface area contributed by atoms with E-state index in [0.29, 0.717) is 29.6 Å². The molecular weight excluding hydrogens is 456 g/mol. The van der Waals surface area contributed by atoms with Crippen molar-refractivity contribution in [3.8, 4) is 0 Å². The summed E-state index contributed by atoms with van der Waals surface area (Å²) in [5, 5.41) is 3.43. The Kier molecular flexibility index (Phi) is 5.48. The molecule has 37 heavy (non-hydrogen) atoms. The second-order valence-corrected chi connectivity index (χ2v) is 15.0. The second kappa shape index (κ2) is 7.93. The summed E-state index contributed by atoms with van der Waals surface area (Å²) in [6, 6.07) is 10.3. The average Bonchev–Trinajstić information content (AvgIpc) is 3.47. The summed E-state index contributed by atoms with van der Waals surface area (Å²) in [5.41, 5.74) is 1.11. The molecule has 0 radical (unpaired) electrons. The van der Waals surface area contributed by atoms with Crippen LogP contribution in [0.4, 0.5) is 0 Å². The standard InChI is InChI=1S/C33H48N2O2/c1-21(35(6)7)23-15-17-30(4)25-14-13-24-29(2,3)26(34-28(37)22-11-9-8-10-12-22)16-18-32(24)20-33(25,32)27(36)19-31(23,30)5/h8-12,21,23-26H,13-20H2,1-7H3,(H,34,37). The molecule has 1 amide bonds. The second-order valence-electron chi connectivity index (χ2n) is 15.0. The zero-order valence-corrected chi connectivity index (χ0v) is 24.2. The van der Waals surface area contributed by atoms with Crippen molar-refractivity contribution in [1.29, 1.82) is 0 Å². The molecule has 0 saturated heterocycles. The summed E-state index contributed by atoms with van der Waals surface area (Å²) in [6.45, 7) is 12.2. The maximum atomic E-state index is 14.4. The Morgan fingerprint density at radius 3 is 2.30 bits per heavy atom. The molecule has 5 aliphatic rings. The van der Waals surface area contributed by atoms with Crippen LogP contribution >= 0.6 is 0 Å². The molecule has 0 aromatic heterocycles. The molecule has 5 fully saturated rings. The van der Waals surface area contributed by atoms with Gasteiger partial charge in [-0.15, -0.1) is 0 Å². The van der Waals surface area contributed by atoms with E-state index in [0.717, 1.165) is 31.2 Å². The number of hydrogen-bond donors (Lipinski definition) is 1. The van der Waals surface area contributed by atoms with Gasteiger partial charge in [-0.1, -0.05) is 45.9 Å². The zero-order valence-electron chi connectivity index (χ0n) is 24.2. The first-order chi connectivity index (χ1) is 17.3. The number of carbonyl (C=O) groups excluding carboxylic acids is 2. The van der Waals surface area contributed by atoms with Gasteiger partial charge in [0.2, 0.25) is 0 Å². The molecule has 0 bridgehead atoms. The summed E-state index contributed by atoms with van der Waals surface area (Å²) in [6.07, 6.45) is 8.85. The van der Waals surface area contributed by atoms with E-state index in [9.17, 15) is 9.59 Å². The smallest absolute Gasteiger partial charge is 0.251 e. The minimum atomic E-state index is -0.105. The van der Waals surface area contributed by atoms with Crippen LogP contribution in [0.25, 0.3) is 0 Å². The van der Waals surface area contributed by atoms with E-state index in [4.69, 9.17) is 0 Å². The fourth-order valence-electron chi connectivity index (χ4n) is 11.3. The van der Waals surface area contributed by atoms with Gasteiger partial charge in [-0.2, -0.15) is 0 Å². The van der Waals surface area contributed by atoms with Crippen molar-refractivity contribution >= 4 is 11.7 Å². The summed E-state index contributed by atoms with van der Waals surface area (Å²) >= 11 is 0. The van der Waals surface area contributed by atoms with Gasteiger partial charge in [-0.3, -0.25) is 9.59 Å². The largest absolute Gasteiger partial charge is 0.349 e. The highest BCUT2D eigenvalue weighted by Crippen LogP contribution is 2.87. The van der Waals surface area contributed by atoms with Crippen LogP contribution in [0.2, 0.25) is 0 Å². The SMILES string of the molecule is CC(C1CCC2(C)C3CCC4C(C)(C)C(NC(=O)c5ccccc5)CCC45CC35C(=O)CC12C)N(C)C. The number of fused-ring (bicyclic) bond motifs is 2. The Hall–Kier alpha value is -1.68. The van der Waals surface area contributed by atoms with Crippen molar-refractivity contribution < 1.29 is 9.59 Å². The van der Waals surface area contributed by atoms with Crippen molar-refractivity contribution in [3.63, 3.8) is 0 Å². The lowest BCUT2D eigenvalue weighted by molar-refractivity contribution is -0.169. The van der Waals surface area contributed by atoms with Crippen molar-refractivity contribution in [2.45, 2.75) is 98.1 Å². The first-order valence-corrected chi connectivity index (χ1v) is 14.9. The highest BCUT2D eigenvalue weighted by molar-refractivity contribution is 5.94. The van der Waals surface area contributed by atoms with E-state index in [1.165, 1.54) is 25.7 Å². The molecule has 6 rings (SSSR count). The summed E-state index contributed by atoms with van der Waals surface area (Å²) in [5.74, 6) is 2.25. The van der Waals surface area contributed by atoms with Crippen molar-refractivity contribution in [1.82, 2.24) is 10.2 Å².